The molecule has 1 aromatic rings. The highest BCUT2D eigenvalue weighted by Gasteiger charge is 2.27. The zero-order valence-electron chi connectivity index (χ0n) is 11.3. The van der Waals surface area contributed by atoms with E-state index in [-0.39, 0.29) is 18.3 Å². The number of likely N-dealkylation sites (N-methyl/N-ethyl adjacent to an activating group) is 1. The van der Waals surface area contributed by atoms with E-state index in [4.69, 9.17) is 0 Å². The van der Waals surface area contributed by atoms with Crippen molar-refractivity contribution in [3.63, 3.8) is 0 Å². The first-order valence-corrected chi connectivity index (χ1v) is 6.47. The maximum absolute atomic E-state index is 13.7. The first kappa shape index (κ1) is 16.9. The SMILES string of the molecule is CNCC(CCCOCC(F)(F)F)c1ccccc1F. The Labute approximate surface area is 116 Å². The van der Waals surface area contributed by atoms with Crippen molar-refractivity contribution in [3.05, 3.63) is 35.6 Å². The molecule has 0 saturated carbocycles. The smallest absolute Gasteiger partial charge is 0.372 e. The predicted molar refractivity (Wildman–Crippen MR) is 69.2 cm³/mol. The third-order valence-corrected chi connectivity index (χ3v) is 2.90. The molecule has 0 radical (unpaired) electrons. The highest BCUT2D eigenvalue weighted by molar-refractivity contribution is 5.22. The average molecular weight is 293 g/mol. The molecule has 0 heterocycles. The van der Waals surface area contributed by atoms with E-state index in [9.17, 15) is 17.6 Å². The van der Waals surface area contributed by atoms with Crippen molar-refractivity contribution in [1.29, 1.82) is 0 Å². The van der Waals surface area contributed by atoms with Gasteiger partial charge in [0.05, 0.1) is 0 Å². The van der Waals surface area contributed by atoms with Crippen LogP contribution in [0.25, 0.3) is 0 Å². The summed E-state index contributed by atoms with van der Waals surface area (Å²) in [6, 6.07) is 6.45. The van der Waals surface area contributed by atoms with Crippen LogP contribution in [-0.4, -0.2) is 33.0 Å². The van der Waals surface area contributed by atoms with Gasteiger partial charge in [0.2, 0.25) is 0 Å². The molecule has 0 amide bonds. The number of alkyl halides is 3. The first-order chi connectivity index (χ1) is 9.44. The lowest BCUT2D eigenvalue weighted by Crippen LogP contribution is -2.20. The lowest BCUT2D eigenvalue weighted by atomic mass is 9.94. The summed E-state index contributed by atoms with van der Waals surface area (Å²) in [6.45, 7) is -0.641. The molecule has 0 aliphatic carbocycles. The fourth-order valence-corrected chi connectivity index (χ4v) is 2.04. The van der Waals surface area contributed by atoms with Crippen molar-refractivity contribution in [2.24, 2.45) is 0 Å². The van der Waals surface area contributed by atoms with Crippen LogP contribution < -0.4 is 5.32 Å². The molecule has 0 saturated heterocycles. The Bertz CT molecular complexity index is 395. The summed E-state index contributed by atoms with van der Waals surface area (Å²) in [7, 11) is 1.76. The molecule has 1 aromatic carbocycles. The van der Waals surface area contributed by atoms with Gasteiger partial charge in [-0.15, -0.1) is 0 Å². The monoisotopic (exact) mass is 293 g/mol. The number of hydrogen-bond acceptors (Lipinski definition) is 2. The van der Waals surface area contributed by atoms with Crippen LogP contribution >= 0.6 is 0 Å². The van der Waals surface area contributed by atoms with E-state index in [0.717, 1.165) is 0 Å². The van der Waals surface area contributed by atoms with Gasteiger partial charge in [-0.2, -0.15) is 13.2 Å². The molecule has 1 atom stereocenters. The van der Waals surface area contributed by atoms with Crippen LogP contribution in [0.4, 0.5) is 17.6 Å². The summed E-state index contributed by atoms with van der Waals surface area (Å²) in [5, 5.41) is 2.97. The Morgan fingerprint density at radius 3 is 2.55 bits per heavy atom. The van der Waals surface area contributed by atoms with Crippen molar-refractivity contribution in [2.45, 2.75) is 24.9 Å². The summed E-state index contributed by atoms with van der Waals surface area (Å²) >= 11 is 0. The van der Waals surface area contributed by atoms with Gasteiger partial charge in [-0.3, -0.25) is 0 Å². The van der Waals surface area contributed by atoms with E-state index >= 15 is 0 Å². The Morgan fingerprint density at radius 2 is 1.95 bits per heavy atom. The lowest BCUT2D eigenvalue weighted by molar-refractivity contribution is -0.174. The normalized spacial score (nSPS) is 13.4. The van der Waals surface area contributed by atoms with E-state index < -0.39 is 12.8 Å². The molecule has 1 unspecified atom stereocenters. The highest BCUT2D eigenvalue weighted by atomic mass is 19.4. The Kier molecular flexibility index (Phi) is 6.95. The van der Waals surface area contributed by atoms with Gasteiger partial charge in [0.25, 0.3) is 0 Å². The molecular weight excluding hydrogens is 274 g/mol. The van der Waals surface area contributed by atoms with Crippen molar-refractivity contribution in [3.8, 4) is 0 Å². The third kappa shape index (κ3) is 6.34. The maximum Gasteiger partial charge on any atom is 0.411 e. The second-order valence-electron chi connectivity index (χ2n) is 4.59. The molecule has 2 nitrogen and oxygen atoms in total. The molecule has 0 aliphatic heterocycles. The van der Waals surface area contributed by atoms with Crippen LogP contribution in [0.2, 0.25) is 0 Å². The number of ether oxygens (including phenoxy) is 1. The summed E-state index contributed by atoms with van der Waals surface area (Å²) in [5.41, 5.74) is 0.581. The van der Waals surface area contributed by atoms with Crippen molar-refractivity contribution < 1.29 is 22.3 Å². The van der Waals surface area contributed by atoms with Crippen LogP contribution in [0.5, 0.6) is 0 Å². The maximum atomic E-state index is 13.7. The Balaban J connectivity index is 2.42. The van der Waals surface area contributed by atoms with Gasteiger partial charge >= 0.3 is 6.18 Å². The second-order valence-corrected chi connectivity index (χ2v) is 4.59. The molecule has 0 aliphatic rings. The minimum atomic E-state index is -4.30. The predicted octanol–water partition coefficient (Wildman–Crippen LogP) is 3.49. The molecule has 1 N–H and O–H groups in total. The van der Waals surface area contributed by atoms with Gasteiger partial charge in [0.1, 0.15) is 12.4 Å². The quantitative estimate of drug-likeness (QED) is 0.585. The van der Waals surface area contributed by atoms with E-state index in [1.165, 1.54) is 6.07 Å². The van der Waals surface area contributed by atoms with Crippen LogP contribution in [0.15, 0.2) is 24.3 Å². The number of hydrogen-bond donors (Lipinski definition) is 1. The Morgan fingerprint density at radius 1 is 1.25 bits per heavy atom. The molecule has 6 heteroatoms. The largest absolute Gasteiger partial charge is 0.411 e. The third-order valence-electron chi connectivity index (χ3n) is 2.90. The zero-order chi connectivity index (χ0) is 15.0. The molecule has 0 aromatic heterocycles. The number of nitrogens with one attached hydrogen (secondary N) is 1. The minimum Gasteiger partial charge on any atom is -0.372 e. The summed E-state index contributed by atoms with van der Waals surface area (Å²) in [5.74, 6) is -0.361. The summed E-state index contributed by atoms with van der Waals surface area (Å²) in [6.07, 6.45) is -3.27. The van der Waals surface area contributed by atoms with Crippen LogP contribution in [0.1, 0.15) is 24.3 Å². The van der Waals surface area contributed by atoms with Crippen molar-refractivity contribution >= 4 is 0 Å². The van der Waals surface area contributed by atoms with Gasteiger partial charge in [0, 0.05) is 13.2 Å². The van der Waals surface area contributed by atoms with E-state index in [1.54, 1.807) is 25.2 Å². The van der Waals surface area contributed by atoms with Crippen molar-refractivity contribution in [1.82, 2.24) is 5.32 Å². The Hall–Kier alpha value is -1.14. The lowest BCUT2D eigenvalue weighted by Gasteiger charge is -2.18. The van der Waals surface area contributed by atoms with Crippen LogP contribution in [0, 0.1) is 5.82 Å². The van der Waals surface area contributed by atoms with Gasteiger partial charge in [0.15, 0.2) is 0 Å². The van der Waals surface area contributed by atoms with Gasteiger partial charge in [-0.25, -0.2) is 4.39 Å². The molecular formula is C14H19F4NO. The van der Waals surface area contributed by atoms with E-state index in [2.05, 4.69) is 10.1 Å². The molecule has 0 bridgehead atoms. The minimum absolute atomic E-state index is 0.0220. The fraction of sp³-hybridized carbons (Fsp3) is 0.571. The van der Waals surface area contributed by atoms with Gasteiger partial charge < -0.3 is 10.1 Å². The number of halogens is 4. The topological polar surface area (TPSA) is 21.3 Å². The molecule has 0 fully saturated rings. The fourth-order valence-electron chi connectivity index (χ4n) is 2.04. The van der Waals surface area contributed by atoms with E-state index in [0.29, 0.717) is 24.9 Å². The number of rotatable bonds is 8. The van der Waals surface area contributed by atoms with Crippen LogP contribution in [0.3, 0.4) is 0 Å². The van der Waals surface area contributed by atoms with Crippen molar-refractivity contribution in [2.75, 3.05) is 26.8 Å². The standard InChI is InChI=1S/C14H19F4NO/c1-19-9-11(12-6-2-3-7-13(12)15)5-4-8-20-10-14(16,17)18/h2-3,6-7,11,19H,4-5,8-10H2,1H3. The van der Waals surface area contributed by atoms with Crippen LogP contribution in [-0.2, 0) is 4.74 Å². The molecule has 0 spiro atoms. The highest BCUT2D eigenvalue weighted by Crippen LogP contribution is 2.23. The molecule has 1 rings (SSSR count). The first-order valence-electron chi connectivity index (χ1n) is 6.47. The van der Waals surface area contributed by atoms with Gasteiger partial charge in [-0.1, -0.05) is 18.2 Å². The summed E-state index contributed by atoms with van der Waals surface area (Å²) in [4.78, 5) is 0. The van der Waals surface area contributed by atoms with E-state index in [1.807, 2.05) is 0 Å². The van der Waals surface area contributed by atoms with Gasteiger partial charge in [-0.05, 0) is 37.4 Å². The second kappa shape index (κ2) is 8.21. The molecule has 20 heavy (non-hydrogen) atoms. The zero-order valence-corrected chi connectivity index (χ0v) is 11.3. The molecule has 114 valence electrons. The summed E-state index contributed by atoms with van der Waals surface area (Å²) < 4.78 is 53.9. The number of benzene rings is 1. The average Bonchev–Trinajstić information content (AvgIpc) is 2.36.